The molecule has 5 nitrogen and oxygen atoms in total. The van der Waals surface area contributed by atoms with Crippen molar-refractivity contribution in [3.8, 4) is 17.0 Å². The maximum absolute atomic E-state index is 13.1. The van der Waals surface area contributed by atoms with Crippen molar-refractivity contribution in [3.05, 3.63) is 89.6 Å². The number of aromatic amines is 1. The summed E-state index contributed by atoms with van der Waals surface area (Å²) in [6, 6.07) is 24.6. The monoisotopic (exact) mass is 427 g/mol. The zero-order chi connectivity index (χ0) is 21.4. The lowest BCUT2D eigenvalue weighted by atomic mass is 10.1. The number of halogens is 1. The van der Waals surface area contributed by atoms with Crippen molar-refractivity contribution < 1.29 is 9.53 Å². The average Bonchev–Trinajstić information content (AvgIpc) is 3.19. The molecule has 0 saturated carbocycles. The standard InChI is InChI=1S/C25H18ClN3O2/c1-31-16-12-10-15(11-13-16)23-24-18(17-6-2-4-8-20(17)27-24)14-22(28-23)25(30)29-21-9-5-3-7-19(21)26/h2-14,27H,1H3,(H,29,30). The number of nitrogens with zero attached hydrogens (tertiary/aromatic N) is 1. The average molecular weight is 428 g/mol. The minimum atomic E-state index is -0.324. The third kappa shape index (κ3) is 3.49. The number of nitrogens with one attached hydrogen (secondary N) is 2. The number of carbonyl (C=O) groups excluding carboxylic acids is 1. The van der Waals surface area contributed by atoms with Gasteiger partial charge in [-0.1, -0.05) is 41.9 Å². The Balaban J connectivity index is 1.69. The first kappa shape index (κ1) is 19.2. The molecule has 3 aromatic carbocycles. The van der Waals surface area contributed by atoms with Gasteiger partial charge in [0.15, 0.2) is 0 Å². The number of hydrogen-bond acceptors (Lipinski definition) is 3. The molecule has 6 heteroatoms. The van der Waals surface area contributed by atoms with E-state index in [9.17, 15) is 4.79 Å². The van der Waals surface area contributed by atoms with E-state index >= 15 is 0 Å². The van der Waals surface area contributed by atoms with Crippen molar-refractivity contribution in [2.24, 2.45) is 0 Å². The third-order valence-electron chi connectivity index (χ3n) is 5.21. The molecule has 0 aliphatic carbocycles. The molecule has 0 saturated heterocycles. The van der Waals surface area contributed by atoms with Gasteiger partial charge in [0.1, 0.15) is 11.4 Å². The van der Waals surface area contributed by atoms with Crippen LogP contribution in [0.5, 0.6) is 5.75 Å². The minimum Gasteiger partial charge on any atom is -0.497 e. The molecule has 2 aromatic heterocycles. The molecule has 0 atom stereocenters. The lowest BCUT2D eigenvalue weighted by molar-refractivity contribution is 0.102. The van der Waals surface area contributed by atoms with Crippen LogP contribution in [0.25, 0.3) is 33.1 Å². The minimum absolute atomic E-state index is 0.308. The van der Waals surface area contributed by atoms with Gasteiger partial charge < -0.3 is 15.0 Å². The van der Waals surface area contributed by atoms with Gasteiger partial charge in [-0.25, -0.2) is 4.98 Å². The van der Waals surface area contributed by atoms with Crippen molar-refractivity contribution in [2.75, 3.05) is 12.4 Å². The second-order valence-electron chi connectivity index (χ2n) is 7.11. The molecule has 0 spiro atoms. The van der Waals surface area contributed by atoms with Crippen LogP contribution in [0.15, 0.2) is 78.9 Å². The number of rotatable bonds is 4. The molecule has 1 amide bonds. The van der Waals surface area contributed by atoms with Crippen LogP contribution in [0.2, 0.25) is 5.02 Å². The van der Waals surface area contributed by atoms with E-state index in [4.69, 9.17) is 21.3 Å². The molecule has 0 aliphatic rings. The van der Waals surface area contributed by atoms with Gasteiger partial charge >= 0.3 is 0 Å². The van der Waals surface area contributed by atoms with E-state index in [0.29, 0.717) is 22.1 Å². The smallest absolute Gasteiger partial charge is 0.274 e. The van der Waals surface area contributed by atoms with E-state index in [1.54, 1.807) is 19.2 Å². The molecule has 2 heterocycles. The number of aromatic nitrogens is 2. The highest BCUT2D eigenvalue weighted by molar-refractivity contribution is 6.34. The van der Waals surface area contributed by atoms with Crippen LogP contribution in [0.1, 0.15) is 10.5 Å². The van der Waals surface area contributed by atoms with Gasteiger partial charge in [0, 0.05) is 21.9 Å². The second-order valence-corrected chi connectivity index (χ2v) is 7.52. The number of ether oxygens (including phenoxy) is 1. The summed E-state index contributed by atoms with van der Waals surface area (Å²) in [4.78, 5) is 21.3. The van der Waals surface area contributed by atoms with Gasteiger partial charge in [0.05, 0.1) is 29.0 Å². The Hall–Kier alpha value is -3.83. The number of amides is 1. The van der Waals surface area contributed by atoms with Crippen LogP contribution in [0.4, 0.5) is 5.69 Å². The zero-order valence-electron chi connectivity index (χ0n) is 16.6. The van der Waals surface area contributed by atoms with Crippen molar-refractivity contribution in [1.29, 1.82) is 0 Å². The van der Waals surface area contributed by atoms with Gasteiger partial charge in [0.25, 0.3) is 5.91 Å². The lowest BCUT2D eigenvalue weighted by Gasteiger charge is -2.10. The van der Waals surface area contributed by atoms with Crippen molar-refractivity contribution in [2.45, 2.75) is 0 Å². The fourth-order valence-corrected chi connectivity index (χ4v) is 3.85. The Morgan fingerprint density at radius 1 is 0.968 bits per heavy atom. The van der Waals surface area contributed by atoms with Crippen molar-refractivity contribution >= 4 is 45.0 Å². The molecule has 0 unspecified atom stereocenters. The number of benzene rings is 3. The number of methoxy groups -OCH3 is 1. The fourth-order valence-electron chi connectivity index (χ4n) is 3.67. The predicted octanol–water partition coefficient (Wildman–Crippen LogP) is 6.30. The SMILES string of the molecule is COc1ccc(-c2nc(C(=O)Nc3ccccc3Cl)cc3c2[nH]c2ccccc23)cc1. The molecular weight excluding hydrogens is 410 g/mol. The normalized spacial score (nSPS) is 11.0. The molecule has 0 fully saturated rings. The molecule has 5 rings (SSSR count). The van der Waals surface area contributed by atoms with Gasteiger partial charge in [-0.3, -0.25) is 4.79 Å². The van der Waals surface area contributed by atoms with E-state index in [2.05, 4.69) is 10.3 Å². The Kier molecular flexibility index (Phi) is 4.81. The van der Waals surface area contributed by atoms with Crippen LogP contribution in [-0.2, 0) is 0 Å². The second kappa shape index (κ2) is 7.78. The highest BCUT2D eigenvalue weighted by Gasteiger charge is 2.18. The van der Waals surface area contributed by atoms with E-state index in [0.717, 1.165) is 33.1 Å². The summed E-state index contributed by atoms with van der Waals surface area (Å²) in [5, 5.41) is 5.30. The summed E-state index contributed by atoms with van der Waals surface area (Å²) in [5.74, 6) is 0.430. The van der Waals surface area contributed by atoms with Crippen molar-refractivity contribution in [1.82, 2.24) is 9.97 Å². The first-order chi connectivity index (χ1) is 15.1. The van der Waals surface area contributed by atoms with E-state index in [1.807, 2.05) is 66.7 Å². The number of hydrogen-bond donors (Lipinski definition) is 2. The van der Waals surface area contributed by atoms with Crippen LogP contribution >= 0.6 is 11.6 Å². The highest BCUT2D eigenvalue weighted by Crippen LogP contribution is 2.33. The number of H-pyrrole nitrogens is 1. The quantitative estimate of drug-likeness (QED) is 0.354. The highest BCUT2D eigenvalue weighted by atomic mass is 35.5. The van der Waals surface area contributed by atoms with Crippen LogP contribution < -0.4 is 10.1 Å². The van der Waals surface area contributed by atoms with Gasteiger partial charge in [0.2, 0.25) is 0 Å². The maximum atomic E-state index is 13.1. The number of fused-ring (bicyclic) bond motifs is 3. The Morgan fingerprint density at radius 3 is 2.48 bits per heavy atom. The summed E-state index contributed by atoms with van der Waals surface area (Å²) < 4.78 is 5.28. The molecule has 0 radical (unpaired) electrons. The topological polar surface area (TPSA) is 67.0 Å². The molecule has 0 bridgehead atoms. The molecule has 152 valence electrons. The van der Waals surface area contributed by atoms with Gasteiger partial charge in [-0.15, -0.1) is 0 Å². The van der Waals surface area contributed by atoms with E-state index in [1.165, 1.54) is 0 Å². The molecule has 31 heavy (non-hydrogen) atoms. The number of pyridine rings is 1. The van der Waals surface area contributed by atoms with Crippen LogP contribution in [0, 0.1) is 0 Å². The third-order valence-corrected chi connectivity index (χ3v) is 5.54. The van der Waals surface area contributed by atoms with Crippen LogP contribution in [-0.4, -0.2) is 23.0 Å². The predicted molar refractivity (Wildman–Crippen MR) is 125 cm³/mol. The van der Waals surface area contributed by atoms with Crippen LogP contribution in [0.3, 0.4) is 0 Å². The molecule has 5 aromatic rings. The first-order valence-corrected chi connectivity index (χ1v) is 10.1. The molecular formula is C25H18ClN3O2. The first-order valence-electron chi connectivity index (χ1n) is 9.76. The summed E-state index contributed by atoms with van der Waals surface area (Å²) in [6.07, 6.45) is 0. The van der Waals surface area contributed by atoms with Gasteiger partial charge in [-0.05, 0) is 48.5 Å². The summed E-state index contributed by atoms with van der Waals surface area (Å²) in [5.41, 5.74) is 4.28. The zero-order valence-corrected chi connectivity index (χ0v) is 17.4. The van der Waals surface area contributed by atoms with E-state index < -0.39 is 0 Å². The summed E-state index contributed by atoms with van der Waals surface area (Å²) in [7, 11) is 1.63. The lowest BCUT2D eigenvalue weighted by Crippen LogP contribution is -2.14. The Morgan fingerprint density at radius 2 is 1.71 bits per heavy atom. The number of carbonyl (C=O) groups is 1. The Bertz CT molecular complexity index is 1420. The Labute approximate surface area is 183 Å². The molecule has 2 N–H and O–H groups in total. The molecule has 0 aliphatic heterocycles. The number of para-hydroxylation sites is 2. The largest absolute Gasteiger partial charge is 0.497 e. The summed E-state index contributed by atoms with van der Waals surface area (Å²) in [6.45, 7) is 0. The summed E-state index contributed by atoms with van der Waals surface area (Å²) >= 11 is 6.22. The number of anilines is 1. The maximum Gasteiger partial charge on any atom is 0.274 e. The van der Waals surface area contributed by atoms with E-state index in [-0.39, 0.29) is 5.91 Å². The van der Waals surface area contributed by atoms with Gasteiger partial charge in [-0.2, -0.15) is 0 Å². The van der Waals surface area contributed by atoms with Crippen molar-refractivity contribution in [3.63, 3.8) is 0 Å². The fraction of sp³-hybridized carbons (Fsp3) is 0.0400.